The molecule has 0 fully saturated rings. The van der Waals surface area contributed by atoms with E-state index in [9.17, 15) is 19.5 Å². The Morgan fingerprint density at radius 3 is 2.54 bits per heavy atom. The number of anilines is 1. The number of carbonyl (C=O) groups excluding carboxylic acids is 1. The Morgan fingerprint density at radius 1 is 1.19 bits per heavy atom. The Morgan fingerprint density at radius 2 is 1.88 bits per heavy atom. The number of carboxylic acids is 1. The van der Waals surface area contributed by atoms with Gasteiger partial charge in [0.05, 0.1) is 5.39 Å². The number of aryl methyl sites for hydroxylation is 1. The van der Waals surface area contributed by atoms with Gasteiger partial charge in [-0.3, -0.25) is 9.59 Å². The van der Waals surface area contributed by atoms with Gasteiger partial charge in [0.2, 0.25) is 5.91 Å². The minimum Gasteiger partial charge on any atom is -0.476 e. The average molecular weight is 372 g/mol. The van der Waals surface area contributed by atoms with E-state index in [2.05, 4.69) is 10.4 Å². The van der Waals surface area contributed by atoms with Crippen molar-refractivity contribution in [2.45, 2.75) is 13.5 Å². The van der Waals surface area contributed by atoms with Gasteiger partial charge in [-0.25, -0.2) is 9.48 Å². The lowest BCUT2D eigenvalue weighted by Gasteiger charge is -2.11. The smallest absolute Gasteiger partial charge is 0.357 e. The van der Waals surface area contributed by atoms with Crippen molar-refractivity contribution in [2.75, 3.05) is 5.32 Å². The Hall–Kier alpha value is -3.19. The highest BCUT2D eigenvalue weighted by atomic mass is 35.5. The molecule has 0 spiro atoms. The van der Waals surface area contributed by atoms with E-state index < -0.39 is 24.0 Å². The molecule has 2 aromatic carbocycles. The molecule has 3 aromatic rings. The molecule has 0 unspecified atom stereocenters. The molecule has 0 aliphatic carbocycles. The largest absolute Gasteiger partial charge is 0.476 e. The predicted octanol–water partition coefficient (Wildman–Crippen LogP) is 2.70. The second-order valence-corrected chi connectivity index (χ2v) is 6.11. The number of amides is 1. The first-order chi connectivity index (χ1) is 12.4. The second kappa shape index (κ2) is 6.97. The summed E-state index contributed by atoms with van der Waals surface area (Å²) in [5, 5.41) is 16.8. The molecular weight excluding hydrogens is 358 g/mol. The number of hydrogen-bond acceptors (Lipinski definition) is 4. The first-order valence-corrected chi connectivity index (χ1v) is 8.04. The van der Waals surface area contributed by atoms with Crippen molar-refractivity contribution in [3.8, 4) is 0 Å². The van der Waals surface area contributed by atoms with E-state index in [1.165, 1.54) is 12.1 Å². The minimum atomic E-state index is -1.27. The van der Waals surface area contributed by atoms with Crippen LogP contribution in [0.1, 0.15) is 16.1 Å². The summed E-state index contributed by atoms with van der Waals surface area (Å²) < 4.78 is 0.854. The highest BCUT2D eigenvalue weighted by molar-refractivity contribution is 6.30. The van der Waals surface area contributed by atoms with Gasteiger partial charge in [0, 0.05) is 16.1 Å². The molecule has 7 nitrogen and oxygen atoms in total. The Balaban J connectivity index is 1.95. The standard InChI is InChI=1S/C18H14ClN3O4/c1-10-8-11(19)6-7-14(10)20-15(23)9-22-17(24)13-5-3-2-4-12(13)16(21-22)18(25)26/h2-8H,9H2,1H3,(H,20,23)(H,25,26). The van der Waals surface area contributed by atoms with Crippen LogP contribution < -0.4 is 10.9 Å². The third-order valence-corrected chi connectivity index (χ3v) is 4.06. The molecular formula is C18H14ClN3O4. The molecule has 1 amide bonds. The molecule has 2 N–H and O–H groups in total. The fourth-order valence-corrected chi connectivity index (χ4v) is 2.82. The van der Waals surface area contributed by atoms with Crippen LogP contribution >= 0.6 is 11.6 Å². The van der Waals surface area contributed by atoms with Crippen molar-refractivity contribution < 1.29 is 14.7 Å². The number of aromatic nitrogens is 2. The zero-order valence-corrected chi connectivity index (χ0v) is 14.4. The van der Waals surface area contributed by atoms with E-state index in [0.29, 0.717) is 10.7 Å². The van der Waals surface area contributed by atoms with Crippen LogP contribution in [-0.4, -0.2) is 26.8 Å². The van der Waals surface area contributed by atoms with Crippen molar-refractivity contribution in [1.82, 2.24) is 9.78 Å². The van der Waals surface area contributed by atoms with E-state index in [1.54, 1.807) is 37.3 Å². The summed E-state index contributed by atoms with van der Waals surface area (Å²) in [5.74, 6) is -1.78. The van der Waals surface area contributed by atoms with Gasteiger partial charge in [-0.1, -0.05) is 29.8 Å². The van der Waals surface area contributed by atoms with Gasteiger partial charge in [0.25, 0.3) is 5.56 Å². The molecule has 132 valence electrons. The number of carboxylic acid groups (broad SMARTS) is 1. The van der Waals surface area contributed by atoms with Crippen molar-refractivity contribution in [1.29, 1.82) is 0 Å². The van der Waals surface area contributed by atoms with Crippen LogP contribution in [0.4, 0.5) is 5.69 Å². The van der Waals surface area contributed by atoms with Gasteiger partial charge < -0.3 is 10.4 Å². The SMILES string of the molecule is Cc1cc(Cl)ccc1NC(=O)Cn1nc(C(=O)O)c2ccccc2c1=O. The maximum absolute atomic E-state index is 12.5. The molecule has 1 aromatic heterocycles. The fraction of sp³-hybridized carbons (Fsp3) is 0.111. The number of nitrogens with zero attached hydrogens (tertiary/aromatic N) is 2. The summed E-state index contributed by atoms with van der Waals surface area (Å²) in [6.45, 7) is 1.37. The predicted molar refractivity (Wildman–Crippen MR) is 97.8 cm³/mol. The maximum Gasteiger partial charge on any atom is 0.357 e. The molecule has 0 aliphatic heterocycles. The van der Waals surface area contributed by atoms with E-state index in [4.69, 9.17) is 11.6 Å². The lowest BCUT2D eigenvalue weighted by Crippen LogP contribution is -2.31. The molecule has 0 bridgehead atoms. The lowest BCUT2D eigenvalue weighted by atomic mass is 10.1. The molecule has 8 heteroatoms. The normalized spacial score (nSPS) is 10.7. The number of fused-ring (bicyclic) bond motifs is 1. The molecule has 3 rings (SSSR count). The molecule has 0 radical (unpaired) electrons. The van der Waals surface area contributed by atoms with Crippen LogP contribution in [0.2, 0.25) is 5.02 Å². The third-order valence-electron chi connectivity index (χ3n) is 3.83. The van der Waals surface area contributed by atoms with E-state index in [-0.39, 0.29) is 16.5 Å². The lowest BCUT2D eigenvalue weighted by molar-refractivity contribution is -0.117. The first kappa shape index (κ1) is 17.6. The summed E-state index contributed by atoms with van der Waals surface area (Å²) in [4.78, 5) is 36.3. The topological polar surface area (TPSA) is 101 Å². The second-order valence-electron chi connectivity index (χ2n) is 5.67. The average Bonchev–Trinajstić information content (AvgIpc) is 2.59. The van der Waals surface area contributed by atoms with Crippen LogP contribution in [0, 0.1) is 6.92 Å². The highest BCUT2D eigenvalue weighted by Crippen LogP contribution is 2.19. The van der Waals surface area contributed by atoms with Crippen molar-refractivity contribution in [2.24, 2.45) is 0 Å². The Kier molecular flexibility index (Phi) is 4.73. The number of hydrogen-bond donors (Lipinski definition) is 2. The zero-order valence-electron chi connectivity index (χ0n) is 13.7. The zero-order chi connectivity index (χ0) is 18.8. The summed E-state index contributed by atoms with van der Waals surface area (Å²) in [7, 11) is 0. The van der Waals surface area contributed by atoms with Crippen LogP contribution in [0.15, 0.2) is 47.3 Å². The van der Waals surface area contributed by atoms with Crippen LogP contribution in [0.3, 0.4) is 0 Å². The van der Waals surface area contributed by atoms with Gasteiger partial charge >= 0.3 is 5.97 Å². The van der Waals surface area contributed by atoms with Gasteiger partial charge in [0.15, 0.2) is 5.69 Å². The highest BCUT2D eigenvalue weighted by Gasteiger charge is 2.17. The Bertz CT molecular complexity index is 1090. The van der Waals surface area contributed by atoms with Crippen LogP contribution in [0.5, 0.6) is 0 Å². The molecule has 0 saturated carbocycles. The first-order valence-electron chi connectivity index (χ1n) is 7.66. The number of carbonyl (C=O) groups is 2. The summed E-state index contributed by atoms with van der Waals surface area (Å²) in [5.41, 5.74) is 0.492. The van der Waals surface area contributed by atoms with E-state index >= 15 is 0 Å². The third kappa shape index (κ3) is 3.43. The van der Waals surface area contributed by atoms with E-state index in [1.807, 2.05) is 0 Å². The maximum atomic E-state index is 12.5. The molecule has 1 heterocycles. The van der Waals surface area contributed by atoms with Crippen LogP contribution in [0.25, 0.3) is 10.8 Å². The van der Waals surface area contributed by atoms with Gasteiger partial charge in [-0.05, 0) is 36.8 Å². The number of aromatic carboxylic acids is 1. The molecule has 0 aliphatic rings. The molecule has 0 atom stereocenters. The van der Waals surface area contributed by atoms with E-state index in [0.717, 1.165) is 10.2 Å². The van der Waals surface area contributed by atoms with Gasteiger partial charge in [-0.15, -0.1) is 0 Å². The number of halogens is 1. The van der Waals surface area contributed by atoms with Crippen molar-refractivity contribution in [3.63, 3.8) is 0 Å². The van der Waals surface area contributed by atoms with Gasteiger partial charge in [-0.2, -0.15) is 5.10 Å². The van der Waals surface area contributed by atoms with Crippen molar-refractivity contribution >= 4 is 39.9 Å². The number of benzene rings is 2. The minimum absolute atomic E-state index is 0.190. The monoisotopic (exact) mass is 371 g/mol. The van der Waals surface area contributed by atoms with Crippen molar-refractivity contribution in [3.05, 3.63) is 69.1 Å². The Labute approximate surface area is 152 Å². The van der Waals surface area contributed by atoms with Gasteiger partial charge in [0.1, 0.15) is 6.54 Å². The molecule has 0 saturated heterocycles. The fourth-order valence-electron chi connectivity index (χ4n) is 2.59. The van der Waals surface area contributed by atoms with Crippen LogP contribution in [-0.2, 0) is 11.3 Å². The number of nitrogens with one attached hydrogen (secondary N) is 1. The quantitative estimate of drug-likeness (QED) is 0.734. The summed E-state index contributed by atoms with van der Waals surface area (Å²) in [6.07, 6.45) is 0. The summed E-state index contributed by atoms with van der Waals surface area (Å²) >= 11 is 5.88. The summed E-state index contributed by atoms with van der Waals surface area (Å²) in [6, 6.07) is 11.2. The molecule has 26 heavy (non-hydrogen) atoms. The number of rotatable bonds is 4.